The molecule has 220 valence electrons. The van der Waals surface area contributed by atoms with Gasteiger partial charge in [0.1, 0.15) is 5.58 Å². The van der Waals surface area contributed by atoms with Crippen LogP contribution >= 0.6 is 0 Å². The smallest absolute Gasteiger partial charge is 0.227 e. The van der Waals surface area contributed by atoms with Crippen LogP contribution in [0.4, 0.5) is 0 Å². The lowest BCUT2D eigenvalue weighted by Crippen LogP contribution is -2.00. The van der Waals surface area contributed by atoms with Gasteiger partial charge in [0.05, 0.1) is 11.4 Å². The molecule has 0 saturated carbocycles. The number of benzene rings is 4. The van der Waals surface area contributed by atoms with Gasteiger partial charge in [-0.1, -0.05) is 97.1 Å². The van der Waals surface area contributed by atoms with Crippen LogP contribution in [-0.4, -0.2) is 29.9 Å². The third-order valence-electron chi connectivity index (χ3n) is 8.29. The Hall–Kier alpha value is -6.60. The van der Waals surface area contributed by atoms with E-state index in [1.807, 2.05) is 103 Å². The Kier molecular flexibility index (Phi) is 6.31. The van der Waals surface area contributed by atoms with Crippen LogP contribution in [0.3, 0.4) is 0 Å². The lowest BCUT2D eigenvalue weighted by atomic mass is 9.97. The number of fused-ring (bicyclic) bond motifs is 4. The molecule has 0 atom stereocenters. The zero-order chi connectivity index (χ0) is 31.2. The number of aromatic nitrogens is 6. The summed E-state index contributed by atoms with van der Waals surface area (Å²) in [5.74, 6) is 1.88. The Morgan fingerprint density at radius 2 is 1.04 bits per heavy atom. The molecule has 0 fully saturated rings. The second-order valence-electron chi connectivity index (χ2n) is 11.2. The molecule has 7 heteroatoms. The third-order valence-corrected chi connectivity index (χ3v) is 8.29. The second kappa shape index (κ2) is 11.1. The SMILES string of the molecule is c1ccc(-c2nc(-c3ccccc3)nc(-c3cccc(-c4cccc5cc(-c6cc7oc8ncccc8c7cn6)ncc45)c3)n2)cc1. The van der Waals surface area contributed by atoms with E-state index in [4.69, 9.17) is 29.3 Å². The summed E-state index contributed by atoms with van der Waals surface area (Å²) >= 11 is 0. The van der Waals surface area contributed by atoms with Gasteiger partial charge in [-0.15, -0.1) is 0 Å². The minimum atomic E-state index is 0.601. The van der Waals surface area contributed by atoms with Gasteiger partial charge >= 0.3 is 0 Å². The Morgan fingerprint density at radius 1 is 0.426 bits per heavy atom. The van der Waals surface area contributed by atoms with Crippen LogP contribution in [0.5, 0.6) is 0 Å². The number of furan rings is 1. The molecule has 0 radical (unpaired) electrons. The molecule has 0 N–H and O–H groups in total. The number of hydrogen-bond donors (Lipinski definition) is 0. The van der Waals surface area contributed by atoms with E-state index < -0.39 is 0 Å². The van der Waals surface area contributed by atoms with Crippen molar-refractivity contribution in [2.24, 2.45) is 0 Å². The van der Waals surface area contributed by atoms with Gasteiger partial charge in [0.25, 0.3) is 0 Å². The third kappa shape index (κ3) is 4.87. The molecule has 4 aromatic carbocycles. The zero-order valence-corrected chi connectivity index (χ0v) is 24.9. The lowest BCUT2D eigenvalue weighted by Gasteiger charge is -2.11. The van der Waals surface area contributed by atoms with E-state index in [-0.39, 0.29) is 0 Å². The molecule has 47 heavy (non-hydrogen) atoms. The maximum absolute atomic E-state index is 6.00. The summed E-state index contributed by atoms with van der Waals surface area (Å²) < 4.78 is 6.00. The summed E-state index contributed by atoms with van der Waals surface area (Å²) in [6, 6.07) is 42.5. The Bertz CT molecular complexity index is 2520. The summed E-state index contributed by atoms with van der Waals surface area (Å²) in [6.07, 6.45) is 5.48. The van der Waals surface area contributed by atoms with E-state index >= 15 is 0 Å². The maximum Gasteiger partial charge on any atom is 0.227 e. The molecular weight excluding hydrogens is 580 g/mol. The second-order valence-corrected chi connectivity index (χ2v) is 11.2. The van der Waals surface area contributed by atoms with Gasteiger partial charge in [-0.25, -0.2) is 19.9 Å². The molecule has 5 heterocycles. The van der Waals surface area contributed by atoms with Crippen molar-refractivity contribution in [1.29, 1.82) is 0 Å². The molecular formula is C40H24N6O. The Balaban J connectivity index is 1.12. The number of pyridine rings is 3. The molecule has 0 saturated heterocycles. The summed E-state index contributed by atoms with van der Waals surface area (Å²) in [5.41, 5.74) is 7.73. The highest BCUT2D eigenvalue weighted by atomic mass is 16.3. The maximum atomic E-state index is 6.00. The molecule has 0 bridgehead atoms. The lowest BCUT2D eigenvalue weighted by molar-refractivity contribution is 0.654. The molecule has 0 aliphatic rings. The Labute approximate surface area is 269 Å². The van der Waals surface area contributed by atoms with Crippen molar-refractivity contribution in [1.82, 2.24) is 29.9 Å². The Morgan fingerprint density at radius 3 is 1.79 bits per heavy atom. The number of rotatable bonds is 5. The van der Waals surface area contributed by atoms with Gasteiger partial charge in [0.2, 0.25) is 5.71 Å². The summed E-state index contributed by atoms with van der Waals surface area (Å²) in [4.78, 5) is 28.6. The van der Waals surface area contributed by atoms with E-state index in [1.54, 1.807) is 6.20 Å². The summed E-state index contributed by atoms with van der Waals surface area (Å²) in [5, 5.41) is 3.98. The summed E-state index contributed by atoms with van der Waals surface area (Å²) in [7, 11) is 0. The predicted octanol–water partition coefficient (Wildman–Crippen LogP) is 9.44. The van der Waals surface area contributed by atoms with Gasteiger partial charge in [-0.05, 0) is 40.8 Å². The van der Waals surface area contributed by atoms with Crippen LogP contribution < -0.4 is 0 Å². The van der Waals surface area contributed by atoms with Crippen LogP contribution in [0.1, 0.15) is 0 Å². The fraction of sp³-hybridized carbons (Fsp3) is 0. The van der Waals surface area contributed by atoms with Gasteiger partial charge in [0, 0.05) is 57.5 Å². The standard InChI is InChI=1S/C40H24N6O/c1-3-10-25(11-4-1)37-44-38(26-12-5-2-6-13-26)46-39(45-37)29-16-7-14-27(20-29)30-17-8-15-28-21-34(42-23-32(28)30)35-22-36-33(24-43-35)31-18-9-19-41-40(31)47-36/h1-24H. The molecule has 0 spiro atoms. The summed E-state index contributed by atoms with van der Waals surface area (Å²) in [6.45, 7) is 0. The van der Waals surface area contributed by atoms with Crippen molar-refractivity contribution in [3.63, 3.8) is 0 Å². The van der Waals surface area contributed by atoms with Crippen molar-refractivity contribution < 1.29 is 4.42 Å². The van der Waals surface area contributed by atoms with Crippen molar-refractivity contribution in [3.8, 4) is 56.7 Å². The van der Waals surface area contributed by atoms with Crippen LogP contribution in [0.15, 0.2) is 150 Å². The van der Waals surface area contributed by atoms with E-state index in [2.05, 4.69) is 41.4 Å². The van der Waals surface area contributed by atoms with Crippen LogP contribution in [0, 0.1) is 0 Å². The van der Waals surface area contributed by atoms with Crippen molar-refractivity contribution in [2.45, 2.75) is 0 Å². The molecule has 5 aromatic heterocycles. The van der Waals surface area contributed by atoms with Crippen molar-refractivity contribution >= 4 is 32.8 Å². The molecule has 0 amide bonds. The van der Waals surface area contributed by atoms with Crippen LogP contribution in [-0.2, 0) is 0 Å². The first-order chi connectivity index (χ1) is 23.3. The molecule has 0 aliphatic carbocycles. The van der Waals surface area contributed by atoms with Gasteiger partial charge in [-0.3, -0.25) is 9.97 Å². The van der Waals surface area contributed by atoms with Crippen molar-refractivity contribution in [3.05, 3.63) is 146 Å². The van der Waals surface area contributed by atoms with Crippen LogP contribution in [0.25, 0.3) is 89.5 Å². The van der Waals surface area contributed by atoms with Crippen molar-refractivity contribution in [2.75, 3.05) is 0 Å². The van der Waals surface area contributed by atoms with E-state index in [0.717, 1.165) is 66.3 Å². The molecule has 0 aliphatic heterocycles. The molecule has 9 rings (SSSR count). The largest absolute Gasteiger partial charge is 0.438 e. The van der Waals surface area contributed by atoms with Gasteiger partial charge in [0.15, 0.2) is 17.5 Å². The highest BCUT2D eigenvalue weighted by Crippen LogP contribution is 2.34. The minimum absolute atomic E-state index is 0.601. The normalized spacial score (nSPS) is 11.4. The zero-order valence-electron chi connectivity index (χ0n) is 24.9. The predicted molar refractivity (Wildman–Crippen MR) is 185 cm³/mol. The average Bonchev–Trinajstić information content (AvgIpc) is 3.53. The molecule has 7 nitrogen and oxygen atoms in total. The first-order valence-corrected chi connectivity index (χ1v) is 15.3. The number of hydrogen-bond acceptors (Lipinski definition) is 7. The topological polar surface area (TPSA) is 90.5 Å². The quantitative estimate of drug-likeness (QED) is 0.193. The van der Waals surface area contributed by atoms with Gasteiger partial charge < -0.3 is 4.42 Å². The van der Waals surface area contributed by atoms with Gasteiger partial charge in [-0.2, -0.15) is 0 Å². The highest BCUT2D eigenvalue weighted by Gasteiger charge is 2.15. The minimum Gasteiger partial charge on any atom is -0.438 e. The van der Waals surface area contributed by atoms with E-state index in [0.29, 0.717) is 23.2 Å². The van der Waals surface area contributed by atoms with Crippen LogP contribution in [0.2, 0.25) is 0 Å². The highest BCUT2D eigenvalue weighted by molar-refractivity contribution is 6.04. The molecule has 9 aromatic rings. The van der Waals surface area contributed by atoms with E-state index in [1.165, 1.54) is 0 Å². The number of nitrogens with zero attached hydrogens (tertiary/aromatic N) is 6. The average molecular weight is 605 g/mol. The van der Waals surface area contributed by atoms with E-state index in [9.17, 15) is 0 Å². The fourth-order valence-electron chi connectivity index (χ4n) is 5.97. The first kappa shape index (κ1) is 26.8. The molecule has 0 unspecified atom stereocenters. The first-order valence-electron chi connectivity index (χ1n) is 15.3. The fourth-order valence-corrected chi connectivity index (χ4v) is 5.97. The monoisotopic (exact) mass is 604 g/mol.